The molecule has 0 radical (unpaired) electrons. The molecule has 3 atom stereocenters. The number of hydrogen-bond donors (Lipinski definition) is 2. The summed E-state index contributed by atoms with van der Waals surface area (Å²) >= 11 is 0. The normalized spacial score (nSPS) is 14.3. The molecule has 0 saturated heterocycles. The average Bonchev–Trinajstić information content (AvgIpc) is 2.63. The highest BCUT2D eigenvalue weighted by Crippen LogP contribution is 2.27. The number of rotatable bonds is 10. The predicted molar refractivity (Wildman–Crippen MR) is 99.8 cm³/mol. The van der Waals surface area contributed by atoms with E-state index in [1.54, 1.807) is 0 Å². The van der Waals surface area contributed by atoms with Crippen LogP contribution in [-0.2, 0) is 14.3 Å². The molecule has 1 unspecified atom stereocenters. The molecule has 0 aliphatic heterocycles. The first-order valence-electron chi connectivity index (χ1n) is 9.07. The van der Waals surface area contributed by atoms with Crippen molar-refractivity contribution in [1.29, 1.82) is 0 Å². The van der Waals surface area contributed by atoms with Crippen LogP contribution in [0.4, 0.5) is 0 Å². The van der Waals surface area contributed by atoms with Crippen molar-refractivity contribution in [3.63, 3.8) is 0 Å². The van der Waals surface area contributed by atoms with Crippen molar-refractivity contribution in [3.8, 4) is 11.5 Å². The van der Waals surface area contributed by atoms with Gasteiger partial charge in [0, 0.05) is 18.9 Å². The number of nitrogens with one attached hydrogen (secondary N) is 1. The summed E-state index contributed by atoms with van der Waals surface area (Å²) in [6.45, 7) is 9.82. The van der Waals surface area contributed by atoms with Crippen LogP contribution in [0.15, 0.2) is 12.3 Å². The summed E-state index contributed by atoms with van der Waals surface area (Å²) in [6.07, 6.45) is 1.50. The minimum atomic E-state index is -0.926. The third kappa shape index (κ3) is 6.39. The lowest BCUT2D eigenvalue weighted by molar-refractivity contribution is -0.162. The van der Waals surface area contributed by atoms with Crippen molar-refractivity contribution in [3.05, 3.63) is 18.0 Å². The van der Waals surface area contributed by atoms with Crippen molar-refractivity contribution in [1.82, 2.24) is 10.3 Å². The first kappa shape index (κ1) is 22.7. The molecule has 0 saturated carbocycles. The third-order valence-corrected chi connectivity index (χ3v) is 3.98. The van der Waals surface area contributed by atoms with Crippen LogP contribution in [0.5, 0.6) is 11.5 Å². The minimum Gasteiger partial charge on any atom is -0.503 e. The van der Waals surface area contributed by atoms with E-state index in [4.69, 9.17) is 14.2 Å². The second-order valence-electron chi connectivity index (χ2n) is 6.63. The Morgan fingerprint density at radius 3 is 2.48 bits per heavy atom. The lowest BCUT2D eigenvalue weighted by Crippen LogP contribution is -2.44. The van der Waals surface area contributed by atoms with Crippen LogP contribution in [0.1, 0.15) is 51.5 Å². The van der Waals surface area contributed by atoms with Crippen LogP contribution in [-0.4, -0.2) is 53.9 Å². The molecule has 0 bridgehead atoms. The molecule has 0 aliphatic rings. The fraction of sp³-hybridized carbons (Fsp3) is 0.632. The van der Waals surface area contributed by atoms with Gasteiger partial charge in [0.15, 0.2) is 17.2 Å². The van der Waals surface area contributed by atoms with Gasteiger partial charge in [0.05, 0.1) is 13.2 Å². The zero-order valence-electron chi connectivity index (χ0n) is 16.8. The topological polar surface area (TPSA) is 107 Å². The maximum Gasteiger partial charge on any atom is 0.328 e. The Hall–Kier alpha value is -2.35. The van der Waals surface area contributed by atoms with E-state index in [0.29, 0.717) is 6.61 Å². The van der Waals surface area contributed by atoms with E-state index >= 15 is 0 Å². The summed E-state index contributed by atoms with van der Waals surface area (Å²) in [5.74, 6) is -1.51. The summed E-state index contributed by atoms with van der Waals surface area (Å²) in [7, 11) is 1.37. The van der Waals surface area contributed by atoms with Gasteiger partial charge in [-0.15, -0.1) is 0 Å². The smallest absolute Gasteiger partial charge is 0.328 e. The molecule has 152 valence electrons. The van der Waals surface area contributed by atoms with Crippen LogP contribution in [0.25, 0.3) is 0 Å². The number of nitrogens with zero attached hydrogens (tertiary/aromatic N) is 1. The number of methoxy groups -OCH3 is 1. The van der Waals surface area contributed by atoms with Gasteiger partial charge in [-0.05, 0) is 26.2 Å². The number of carbonyl (C=O) groups excluding carboxylic acids is 2. The zero-order valence-corrected chi connectivity index (χ0v) is 16.8. The van der Waals surface area contributed by atoms with E-state index in [1.807, 2.05) is 27.7 Å². The van der Waals surface area contributed by atoms with E-state index in [0.717, 1.165) is 6.42 Å². The van der Waals surface area contributed by atoms with E-state index in [1.165, 1.54) is 26.3 Å². The Bertz CT molecular complexity index is 635. The Labute approximate surface area is 160 Å². The highest BCUT2D eigenvalue weighted by molar-refractivity contribution is 5.97. The second-order valence-corrected chi connectivity index (χ2v) is 6.63. The van der Waals surface area contributed by atoms with E-state index in [2.05, 4.69) is 10.3 Å². The largest absolute Gasteiger partial charge is 0.503 e. The lowest BCUT2D eigenvalue weighted by Gasteiger charge is -2.28. The predicted octanol–water partition coefficient (Wildman–Crippen LogP) is 2.30. The van der Waals surface area contributed by atoms with Crippen molar-refractivity contribution < 1.29 is 28.9 Å². The first-order chi connectivity index (χ1) is 12.7. The van der Waals surface area contributed by atoms with Gasteiger partial charge in [-0.2, -0.15) is 0 Å². The monoisotopic (exact) mass is 382 g/mol. The number of carbonyl (C=O) groups is 2. The highest BCUT2D eigenvalue weighted by atomic mass is 16.6. The van der Waals surface area contributed by atoms with Gasteiger partial charge in [0.2, 0.25) is 0 Å². The quantitative estimate of drug-likeness (QED) is 0.598. The number of hydrogen-bond acceptors (Lipinski definition) is 7. The van der Waals surface area contributed by atoms with Gasteiger partial charge in [-0.3, -0.25) is 4.79 Å². The Kier molecular flexibility index (Phi) is 9.00. The highest BCUT2D eigenvalue weighted by Gasteiger charge is 2.29. The molecule has 1 heterocycles. The Morgan fingerprint density at radius 2 is 1.93 bits per heavy atom. The molecule has 8 heteroatoms. The Morgan fingerprint density at radius 1 is 1.26 bits per heavy atom. The van der Waals surface area contributed by atoms with E-state index in [-0.39, 0.29) is 29.2 Å². The average molecular weight is 382 g/mol. The number of ether oxygens (including phenoxy) is 3. The van der Waals surface area contributed by atoms with Gasteiger partial charge in [-0.1, -0.05) is 20.8 Å². The molecular weight excluding hydrogens is 352 g/mol. The summed E-state index contributed by atoms with van der Waals surface area (Å²) in [5.41, 5.74) is -0.228. The number of esters is 1. The molecule has 27 heavy (non-hydrogen) atoms. The van der Waals surface area contributed by atoms with Gasteiger partial charge in [0.25, 0.3) is 5.91 Å². The van der Waals surface area contributed by atoms with Crippen LogP contribution >= 0.6 is 0 Å². The number of pyridine rings is 1. The van der Waals surface area contributed by atoms with Gasteiger partial charge in [-0.25, -0.2) is 9.78 Å². The third-order valence-electron chi connectivity index (χ3n) is 3.98. The number of amides is 1. The fourth-order valence-electron chi connectivity index (χ4n) is 2.50. The number of aromatic nitrogens is 1. The lowest BCUT2D eigenvalue weighted by atomic mass is 10.0. The van der Waals surface area contributed by atoms with Gasteiger partial charge >= 0.3 is 5.97 Å². The van der Waals surface area contributed by atoms with Crippen LogP contribution in [0.3, 0.4) is 0 Å². The molecule has 1 aromatic rings. The van der Waals surface area contributed by atoms with Crippen molar-refractivity contribution in [2.45, 2.75) is 59.3 Å². The standard InChI is InChI=1S/C19H30N2O6/c1-7-10-26-13(5)17(11(2)3)27-19(24)12(4)21-18(23)15-16(22)14(25-6)8-9-20-15/h8-9,11-13,17,22H,7,10H2,1-6H3,(H,21,23)/t12-,13-,17?/m0/s1. The summed E-state index contributed by atoms with van der Waals surface area (Å²) in [6, 6.07) is 0.499. The maximum atomic E-state index is 12.4. The molecule has 2 N–H and O–H groups in total. The summed E-state index contributed by atoms with van der Waals surface area (Å²) < 4.78 is 16.2. The van der Waals surface area contributed by atoms with Crippen molar-refractivity contribution >= 4 is 11.9 Å². The Balaban J connectivity index is 2.76. The second kappa shape index (κ2) is 10.7. The summed E-state index contributed by atoms with van der Waals surface area (Å²) in [5, 5.41) is 12.5. The van der Waals surface area contributed by atoms with Crippen molar-refractivity contribution in [2.24, 2.45) is 5.92 Å². The van der Waals surface area contributed by atoms with Gasteiger partial charge in [0.1, 0.15) is 12.1 Å². The molecule has 0 fully saturated rings. The molecule has 0 aromatic carbocycles. The molecule has 1 rings (SSSR count). The minimum absolute atomic E-state index is 0.0489. The van der Waals surface area contributed by atoms with E-state index in [9.17, 15) is 14.7 Å². The molecule has 0 aliphatic carbocycles. The van der Waals surface area contributed by atoms with E-state index < -0.39 is 24.0 Å². The first-order valence-corrected chi connectivity index (χ1v) is 9.07. The van der Waals surface area contributed by atoms with Crippen LogP contribution in [0.2, 0.25) is 0 Å². The maximum absolute atomic E-state index is 12.4. The van der Waals surface area contributed by atoms with Crippen LogP contribution in [0, 0.1) is 5.92 Å². The van der Waals surface area contributed by atoms with Crippen LogP contribution < -0.4 is 10.1 Å². The van der Waals surface area contributed by atoms with Gasteiger partial charge < -0.3 is 24.6 Å². The summed E-state index contributed by atoms with van der Waals surface area (Å²) in [4.78, 5) is 28.6. The molecule has 8 nitrogen and oxygen atoms in total. The molecule has 0 spiro atoms. The SMILES string of the molecule is CCCO[C@@H](C)C(OC(=O)[C@H](C)NC(=O)c1nccc(OC)c1O)C(C)C. The fourth-order valence-corrected chi connectivity index (χ4v) is 2.50. The molecular formula is C19H30N2O6. The zero-order chi connectivity index (χ0) is 20.6. The number of aromatic hydroxyl groups is 1. The molecule has 1 amide bonds. The molecule has 1 aromatic heterocycles. The van der Waals surface area contributed by atoms with Crippen molar-refractivity contribution in [2.75, 3.05) is 13.7 Å².